The van der Waals surface area contributed by atoms with Crippen LogP contribution in [0.5, 0.6) is 5.75 Å². The van der Waals surface area contributed by atoms with Crippen LogP contribution in [0.15, 0.2) is 48.7 Å². The lowest BCUT2D eigenvalue weighted by Gasteiger charge is -2.14. The van der Waals surface area contributed by atoms with E-state index >= 15 is 0 Å². The molecular weight excluding hydrogens is 405 g/mol. The second-order valence-electron chi connectivity index (χ2n) is 6.50. The zero-order valence-corrected chi connectivity index (χ0v) is 15.6. The first-order valence-electron chi connectivity index (χ1n) is 8.73. The van der Waals surface area contributed by atoms with Gasteiger partial charge >= 0.3 is 0 Å². The molecule has 2 aromatic carbocycles. The summed E-state index contributed by atoms with van der Waals surface area (Å²) in [7, 11) is 0. The fraction of sp³-hybridized carbons (Fsp3) is 0.143. The fourth-order valence-corrected chi connectivity index (χ4v) is 3.45. The van der Waals surface area contributed by atoms with Gasteiger partial charge in [0.05, 0.1) is 16.5 Å². The summed E-state index contributed by atoms with van der Waals surface area (Å²) in [5, 5.41) is 3.07. The zero-order valence-electron chi connectivity index (χ0n) is 14.9. The monoisotopic (exact) mass is 418 g/mol. The summed E-state index contributed by atoms with van der Waals surface area (Å²) < 4.78 is 47.9. The number of benzene rings is 2. The van der Waals surface area contributed by atoms with Gasteiger partial charge in [-0.15, -0.1) is 0 Å². The number of aromatic nitrogens is 1. The number of Topliss-reactive ketones (excluding diaryl/α,β-unsaturated/α-hetero) is 1. The van der Waals surface area contributed by atoms with Gasteiger partial charge in [0.1, 0.15) is 24.1 Å². The normalized spacial score (nSPS) is 15.0. The highest BCUT2D eigenvalue weighted by Crippen LogP contribution is 2.35. The maximum absolute atomic E-state index is 15.0. The number of rotatable bonds is 5. The second-order valence-corrected chi connectivity index (χ2v) is 6.91. The summed E-state index contributed by atoms with van der Waals surface area (Å²) in [6, 6.07) is 9.13. The SMILES string of the molecule is O=C(c1c(F)ccc(OCc2ccc(F)cc2Cl)c1F)C1CNc2ncccc21. The van der Waals surface area contributed by atoms with Crippen molar-refractivity contribution in [2.24, 2.45) is 0 Å². The molecule has 0 saturated carbocycles. The Morgan fingerprint density at radius 1 is 1.21 bits per heavy atom. The van der Waals surface area contributed by atoms with Crippen molar-refractivity contribution >= 4 is 23.2 Å². The minimum atomic E-state index is -1.09. The first-order chi connectivity index (χ1) is 14.0. The standard InChI is InChI=1S/C21H14ClF3N2O2/c22-15-8-12(23)4-3-11(15)10-29-17-6-5-16(24)18(19(17)25)20(28)14-9-27-21-13(14)2-1-7-26-21/h1-8,14H,9-10H2,(H,26,27). The molecule has 148 valence electrons. The largest absolute Gasteiger partial charge is 0.486 e. The summed E-state index contributed by atoms with van der Waals surface area (Å²) in [5.41, 5.74) is 0.335. The van der Waals surface area contributed by atoms with Crippen LogP contribution in [-0.4, -0.2) is 17.3 Å². The third-order valence-corrected chi connectivity index (χ3v) is 5.06. The summed E-state index contributed by atoms with van der Waals surface area (Å²) in [6.07, 6.45) is 1.56. The number of carbonyl (C=O) groups is 1. The molecule has 0 fully saturated rings. The maximum atomic E-state index is 15.0. The molecule has 4 nitrogen and oxygen atoms in total. The lowest BCUT2D eigenvalue weighted by atomic mass is 9.92. The average Bonchev–Trinajstić information content (AvgIpc) is 3.13. The van der Waals surface area contributed by atoms with Crippen LogP contribution in [0.4, 0.5) is 19.0 Å². The third-order valence-electron chi connectivity index (χ3n) is 4.70. The highest BCUT2D eigenvalue weighted by molar-refractivity contribution is 6.31. The van der Waals surface area contributed by atoms with Crippen LogP contribution in [0.1, 0.15) is 27.4 Å². The molecule has 0 radical (unpaired) electrons. The van der Waals surface area contributed by atoms with Gasteiger partial charge in [-0.1, -0.05) is 23.7 Å². The molecule has 3 aromatic rings. The van der Waals surface area contributed by atoms with E-state index in [-0.39, 0.29) is 23.9 Å². The number of carbonyl (C=O) groups excluding carboxylic acids is 1. The molecule has 8 heteroatoms. The molecule has 1 unspecified atom stereocenters. The van der Waals surface area contributed by atoms with Crippen molar-refractivity contribution in [3.05, 3.63) is 87.8 Å². The van der Waals surface area contributed by atoms with Crippen LogP contribution in [0, 0.1) is 17.5 Å². The molecule has 0 spiro atoms. The molecule has 0 aliphatic carbocycles. The number of ether oxygens (including phenoxy) is 1. The Bertz CT molecular complexity index is 1110. The molecule has 0 bridgehead atoms. The summed E-state index contributed by atoms with van der Waals surface area (Å²) in [5.74, 6) is -3.83. The molecule has 0 saturated heterocycles. The van der Waals surface area contributed by atoms with E-state index in [9.17, 15) is 18.0 Å². The van der Waals surface area contributed by atoms with Crippen LogP contribution in [-0.2, 0) is 6.61 Å². The lowest BCUT2D eigenvalue weighted by molar-refractivity contribution is 0.0957. The highest BCUT2D eigenvalue weighted by atomic mass is 35.5. The van der Waals surface area contributed by atoms with Crippen molar-refractivity contribution in [1.29, 1.82) is 0 Å². The van der Waals surface area contributed by atoms with E-state index in [2.05, 4.69) is 10.3 Å². The average molecular weight is 419 g/mol. The summed E-state index contributed by atoms with van der Waals surface area (Å²) in [6.45, 7) is 0.0212. The molecule has 1 aliphatic rings. The van der Waals surface area contributed by atoms with E-state index in [0.29, 0.717) is 16.9 Å². The number of nitrogens with zero attached hydrogens (tertiary/aromatic N) is 1. The second kappa shape index (κ2) is 7.75. The van der Waals surface area contributed by atoms with Crippen molar-refractivity contribution < 1.29 is 22.7 Å². The molecule has 2 heterocycles. The molecule has 0 amide bonds. The van der Waals surface area contributed by atoms with Gasteiger partial charge in [0.2, 0.25) is 0 Å². The maximum Gasteiger partial charge on any atom is 0.178 e. The van der Waals surface area contributed by atoms with Gasteiger partial charge in [0, 0.05) is 23.9 Å². The van der Waals surface area contributed by atoms with Gasteiger partial charge in [-0.3, -0.25) is 4.79 Å². The molecule has 1 atom stereocenters. The number of pyridine rings is 1. The van der Waals surface area contributed by atoms with Crippen molar-refractivity contribution in [3.8, 4) is 5.75 Å². The lowest BCUT2D eigenvalue weighted by Crippen LogP contribution is -2.18. The summed E-state index contributed by atoms with van der Waals surface area (Å²) >= 11 is 5.94. The number of hydrogen-bond acceptors (Lipinski definition) is 4. The van der Waals surface area contributed by atoms with E-state index < -0.39 is 34.7 Å². The zero-order chi connectivity index (χ0) is 20.5. The predicted octanol–water partition coefficient (Wildman–Crippen LogP) is 5.12. The van der Waals surface area contributed by atoms with Crippen LogP contribution in [0.3, 0.4) is 0 Å². The molecule has 4 rings (SSSR count). The first kappa shape index (κ1) is 19.3. The van der Waals surface area contributed by atoms with Gasteiger partial charge in [0.15, 0.2) is 17.3 Å². The number of hydrogen-bond donors (Lipinski definition) is 1. The number of anilines is 1. The van der Waals surface area contributed by atoms with Crippen LogP contribution in [0.2, 0.25) is 5.02 Å². The molecule has 1 aliphatic heterocycles. The van der Waals surface area contributed by atoms with Gasteiger partial charge in [-0.25, -0.2) is 18.2 Å². The minimum Gasteiger partial charge on any atom is -0.486 e. The molecular formula is C21H14ClF3N2O2. The Morgan fingerprint density at radius 2 is 2.03 bits per heavy atom. The highest BCUT2D eigenvalue weighted by Gasteiger charge is 2.34. The van der Waals surface area contributed by atoms with E-state index in [1.807, 2.05) is 0 Å². The Kier molecular flexibility index (Phi) is 5.15. The van der Waals surface area contributed by atoms with Crippen LogP contribution < -0.4 is 10.1 Å². The van der Waals surface area contributed by atoms with Gasteiger partial charge in [-0.2, -0.15) is 0 Å². The quantitative estimate of drug-likeness (QED) is 0.584. The van der Waals surface area contributed by atoms with Crippen molar-refractivity contribution in [2.75, 3.05) is 11.9 Å². The van der Waals surface area contributed by atoms with Crippen molar-refractivity contribution in [2.45, 2.75) is 12.5 Å². The first-order valence-corrected chi connectivity index (χ1v) is 9.11. The summed E-state index contributed by atoms with van der Waals surface area (Å²) in [4.78, 5) is 17.0. The number of fused-ring (bicyclic) bond motifs is 1. The van der Waals surface area contributed by atoms with E-state index in [1.165, 1.54) is 12.1 Å². The number of ketones is 1. The Labute approximate surface area is 169 Å². The van der Waals surface area contributed by atoms with Gasteiger partial charge < -0.3 is 10.1 Å². The molecule has 1 aromatic heterocycles. The smallest absolute Gasteiger partial charge is 0.178 e. The van der Waals surface area contributed by atoms with Crippen LogP contribution >= 0.6 is 11.6 Å². The van der Waals surface area contributed by atoms with Crippen LogP contribution in [0.25, 0.3) is 0 Å². The predicted molar refractivity (Wildman–Crippen MR) is 102 cm³/mol. The number of nitrogens with one attached hydrogen (secondary N) is 1. The van der Waals surface area contributed by atoms with Gasteiger partial charge in [0.25, 0.3) is 0 Å². The van der Waals surface area contributed by atoms with E-state index in [1.54, 1.807) is 18.3 Å². The third kappa shape index (κ3) is 3.65. The molecule has 29 heavy (non-hydrogen) atoms. The van der Waals surface area contributed by atoms with Gasteiger partial charge in [-0.05, 0) is 30.3 Å². The number of halogens is 4. The van der Waals surface area contributed by atoms with Crippen molar-refractivity contribution in [3.63, 3.8) is 0 Å². The van der Waals surface area contributed by atoms with E-state index in [0.717, 1.165) is 18.2 Å². The topological polar surface area (TPSA) is 51.2 Å². The fourth-order valence-electron chi connectivity index (χ4n) is 3.23. The Balaban J connectivity index is 1.61. The Hall–Kier alpha value is -3.06. The van der Waals surface area contributed by atoms with E-state index in [4.69, 9.17) is 16.3 Å². The molecule has 1 N–H and O–H groups in total. The Morgan fingerprint density at radius 3 is 2.83 bits per heavy atom. The van der Waals surface area contributed by atoms with Crippen molar-refractivity contribution in [1.82, 2.24) is 4.98 Å². The minimum absolute atomic E-state index is 0.116.